The molecule has 1 saturated carbocycles. The molecule has 0 atom stereocenters. The van der Waals surface area contributed by atoms with Crippen LogP contribution in [0.5, 0.6) is 0 Å². The first kappa shape index (κ1) is 34.3. The van der Waals surface area contributed by atoms with Gasteiger partial charge in [0.2, 0.25) is 11.4 Å². The van der Waals surface area contributed by atoms with E-state index in [0.29, 0.717) is 36.6 Å². The number of carbonyl (C=O) groups excluding carboxylic acids is 3. The van der Waals surface area contributed by atoms with E-state index < -0.39 is 34.8 Å². The van der Waals surface area contributed by atoms with E-state index in [1.54, 1.807) is 60.6 Å². The quantitative estimate of drug-likeness (QED) is 0.176. The summed E-state index contributed by atoms with van der Waals surface area (Å²) in [6, 6.07) is 3.29. The molecule has 1 fully saturated rings. The van der Waals surface area contributed by atoms with Crippen LogP contribution in [0.15, 0.2) is 33.8 Å². The van der Waals surface area contributed by atoms with Crippen LogP contribution in [-0.4, -0.2) is 50.5 Å². The van der Waals surface area contributed by atoms with E-state index in [4.69, 9.17) is 30.5 Å². The molecule has 0 N–H and O–H groups in total. The number of esters is 1. The van der Waals surface area contributed by atoms with Crippen molar-refractivity contribution in [3.05, 3.63) is 61.1 Å². The molecule has 3 aromatic rings. The first-order valence-corrected chi connectivity index (χ1v) is 15.6. The number of amides is 2. The Labute approximate surface area is 274 Å². The van der Waals surface area contributed by atoms with Gasteiger partial charge in [0.25, 0.3) is 0 Å². The fourth-order valence-corrected chi connectivity index (χ4v) is 4.85. The lowest BCUT2D eigenvalue weighted by molar-refractivity contribution is 0.0424. The zero-order valence-corrected chi connectivity index (χ0v) is 28.6. The topological polar surface area (TPSA) is 139 Å². The number of ether oxygens (including phenoxy) is 4. The number of imide groups is 1. The van der Waals surface area contributed by atoms with E-state index in [1.807, 2.05) is 4.57 Å². The summed E-state index contributed by atoms with van der Waals surface area (Å²) in [5.41, 5.74) is -0.857. The number of aromatic nitrogens is 3. The van der Waals surface area contributed by atoms with Gasteiger partial charge in [0.1, 0.15) is 16.8 Å². The maximum atomic E-state index is 13.3. The molecule has 2 amide bonds. The average Bonchev–Trinajstić information content (AvgIpc) is 3.75. The molecule has 4 rings (SSSR count). The second kappa shape index (κ2) is 13.4. The first-order chi connectivity index (χ1) is 21.0. The zero-order chi connectivity index (χ0) is 33.3. The third kappa shape index (κ3) is 8.39. The van der Waals surface area contributed by atoms with Crippen LogP contribution >= 0.6 is 27.5 Å². The van der Waals surface area contributed by atoms with Crippen LogP contribution in [0.25, 0.3) is 10.9 Å². The summed E-state index contributed by atoms with van der Waals surface area (Å²) in [5.74, 6) is -0.944. The Morgan fingerprint density at radius 2 is 1.67 bits per heavy atom. The molecule has 1 aliphatic rings. The number of anilines is 1. The minimum atomic E-state index is -1.01. The van der Waals surface area contributed by atoms with E-state index in [-0.39, 0.29) is 37.4 Å². The predicted molar refractivity (Wildman–Crippen MR) is 171 cm³/mol. The standard InChI is InChI=1S/C31H36BrClN4O8/c1-8-43-26(39)19-14-36(17-9-10-17)24-18(25(19)38)11-12-22(33)20(24)15-42-16-23-21(32)13-34-27(35-23)37(28(40)44-30(2,3)4)29(41)45-31(5,6)7/h11-14,17H,8-10,15-16H2,1-7H3. The van der Waals surface area contributed by atoms with Crippen molar-refractivity contribution in [2.45, 2.75) is 91.8 Å². The van der Waals surface area contributed by atoms with E-state index in [1.165, 1.54) is 12.4 Å². The molecule has 0 bridgehead atoms. The van der Waals surface area contributed by atoms with Crippen molar-refractivity contribution in [3.8, 4) is 0 Å². The number of carbonyl (C=O) groups is 3. The number of nitrogens with zero attached hydrogens (tertiary/aromatic N) is 4. The van der Waals surface area contributed by atoms with Gasteiger partial charge in [-0.25, -0.2) is 24.4 Å². The Morgan fingerprint density at radius 1 is 1.04 bits per heavy atom. The van der Waals surface area contributed by atoms with Crippen LogP contribution in [0.2, 0.25) is 5.02 Å². The van der Waals surface area contributed by atoms with Gasteiger partial charge in [-0.1, -0.05) is 11.6 Å². The molecule has 2 heterocycles. The number of fused-ring (bicyclic) bond motifs is 1. The highest BCUT2D eigenvalue weighted by Gasteiger charge is 2.35. The van der Waals surface area contributed by atoms with Gasteiger partial charge in [0.15, 0.2) is 0 Å². The molecule has 12 nitrogen and oxygen atoms in total. The fraction of sp³-hybridized carbons (Fsp3) is 0.484. The van der Waals surface area contributed by atoms with Gasteiger partial charge < -0.3 is 23.5 Å². The summed E-state index contributed by atoms with van der Waals surface area (Å²) in [5, 5.41) is 0.704. The molecule has 242 valence electrons. The van der Waals surface area contributed by atoms with Gasteiger partial charge in [-0.05, 0) is 89.4 Å². The van der Waals surface area contributed by atoms with Crippen LogP contribution in [0.3, 0.4) is 0 Å². The lowest BCUT2D eigenvalue weighted by Crippen LogP contribution is -2.44. The van der Waals surface area contributed by atoms with Gasteiger partial charge in [0, 0.05) is 34.4 Å². The SMILES string of the molecule is CCOC(=O)c1cn(C2CC2)c2c(COCc3nc(N(C(=O)OC(C)(C)C)C(=O)OC(C)(C)C)ncc3Br)c(Cl)ccc2c1=O. The third-order valence-electron chi connectivity index (χ3n) is 6.32. The Kier molecular flexibility index (Phi) is 10.2. The molecule has 14 heteroatoms. The number of halogens is 2. The Balaban J connectivity index is 1.66. The second-order valence-corrected chi connectivity index (χ2v) is 13.7. The summed E-state index contributed by atoms with van der Waals surface area (Å²) < 4.78 is 24.4. The maximum Gasteiger partial charge on any atom is 0.427 e. The lowest BCUT2D eigenvalue weighted by Gasteiger charge is -2.27. The van der Waals surface area contributed by atoms with E-state index >= 15 is 0 Å². The molecule has 2 aromatic heterocycles. The van der Waals surface area contributed by atoms with Crippen molar-refractivity contribution in [1.29, 1.82) is 0 Å². The largest absolute Gasteiger partial charge is 0.462 e. The molecule has 0 unspecified atom stereocenters. The van der Waals surface area contributed by atoms with Crippen molar-refractivity contribution in [2.75, 3.05) is 11.5 Å². The molecule has 1 aromatic carbocycles. The summed E-state index contributed by atoms with van der Waals surface area (Å²) in [4.78, 5) is 61.2. The Hall–Kier alpha value is -3.55. The molecule has 0 radical (unpaired) electrons. The van der Waals surface area contributed by atoms with Crippen LogP contribution in [-0.2, 0) is 32.2 Å². The number of rotatable bonds is 8. The Morgan fingerprint density at radius 3 is 2.22 bits per heavy atom. The number of benzene rings is 1. The number of hydrogen-bond donors (Lipinski definition) is 0. The lowest BCUT2D eigenvalue weighted by atomic mass is 10.1. The maximum absolute atomic E-state index is 13.3. The van der Waals surface area contributed by atoms with Crippen molar-refractivity contribution < 1.29 is 33.3 Å². The summed E-state index contributed by atoms with van der Waals surface area (Å²) in [7, 11) is 0. The van der Waals surface area contributed by atoms with Crippen molar-refractivity contribution in [1.82, 2.24) is 14.5 Å². The average molecular weight is 708 g/mol. The van der Waals surface area contributed by atoms with Crippen LogP contribution in [0, 0.1) is 0 Å². The second-order valence-electron chi connectivity index (χ2n) is 12.4. The summed E-state index contributed by atoms with van der Waals surface area (Å²) in [6.07, 6.45) is 2.68. The van der Waals surface area contributed by atoms with Gasteiger partial charge in [-0.15, -0.1) is 4.90 Å². The first-order valence-electron chi connectivity index (χ1n) is 14.4. The number of hydrogen-bond acceptors (Lipinski definition) is 10. The number of pyridine rings is 1. The highest BCUT2D eigenvalue weighted by Crippen LogP contribution is 2.39. The monoisotopic (exact) mass is 706 g/mol. The summed E-state index contributed by atoms with van der Waals surface area (Å²) in [6.45, 7) is 11.7. The third-order valence-corrected chi connectivity index (χ3v) is 7.33. The zero-order valence-electron chi connectivity index (χ0n) is 26.2. The smallest absolute Gasteiger partial charge is 0.427 e. The molecular weight excluding hydrogens is 672 g/mol. The van der Waals surface area contributed by atoms with Crippen molar-refractivity contribution >= 4 is 62.5 Å². The van der Waals surface area contributed by atoms with Gasteiger partial charge in [0.05, 0.1) is 35.5 Å². The van der Waals surface area contributed by atoms with Gasteiger partial charge >= 0.3 is 18.2 Å². The molecule has 0 aliphatic heterocycles. The minimum Gasteiger partial charge on any atom is -0.462 e. The van der Waals surface area contributed by atoms with Crippen LogP contribution in [0.4, 0.5) is 15.5 Å². The summed E-state index contributed by atoms with van der Waals surface area (Å²) >= 11 is 10.0. The molecule has 0 saturated heterocycles. The van der Waals surface area contributed by atoms with Crippen molar-refractivity contribution in [3.63, 3.8) is 0 Å². The molecule has 0 spiro atoms. The molecule has 45 heavy (non-hydrogen) atoms. The minimum absolute atomic E-state index is 0.0191. The highest BCUT2D eigenvalue weighted by atomic mass is 79.9. The molecular formula is C31H36BrClN4O8. The van der Waals surface area contributed by atoms with E-state index in [0.717, 1.165) is 12.8 Å². The van der Waals surface area contributed by atoms with Gasteiger partial charge in [-0.3, -0.25) is 4.79 Å². The van der Waals surface area contributed by atoms with E-state index in [2.05, 4.69) is 25.9 Å². The highest BCUT2D eigenvalue weighted by molar-refractivity contribution is 9.10. The van der Waals surface area contributed by atoms with Crippen molar-refractivity contribution in [2.24, 2.45) is 0 Å². The van der Waals surface area contributed by atoms with Crippen LogP contribution in [0.1, 0.15) is 89.0 Å². The van der Waals surface area contributed by atoms with E-state index in [9.17, 15) is 19.2 Å². The normalized spacial score (nSPS) is 13.4. The van der Waals surface area contributed by atoms with Gasteiger partial charge in [-0.2, -0.15) is 0 Å². The predicted octanol–water partition coefficient (Wildman–Crippen LogP) is 7.11. The Bertz CT molecular complexity index is 1660. The molecule has 1 aliphatic carbocycles. The fourth-order valence-electron chi connectivity index (χ4n) is 4.33. The van der Waals surface area contributed by atoms with Crippen LogP contribution < -0.4 is 10.3 Å².